The van der Waals surface area contributed by atoms with Gasteiger partial charge in [-0.15, -0.1) is 0 Å². The molecule has 128 valence electrons. The maximum absolute atomic E-state index is 12.2. The molecule has 24 heavy (non-hydrogen) atoms. The van der Waals surface area contributed by atoms with Gasteiger partial charge in [0.1, 0.15) is 0 Å². The van der Waals surface area contributed by atoms with Crippen molar-refractivity contribution in [1.82, 2.24) is 26.1 Å². The van der Waals surface area contributed by atoms with Gasteiger partial charge in [0.2, 0.25) is 5.91 Å². The molecule has 3 rings (SSSR count). The molecule has 1 fully saturated rings. The van der Waals surface area contributed by atoms with Gasteiger partial charge in [0, 0.05) is 24.9 Å². The van der Waals surface area contributed by atoms with Crippen LogP contribution in [0.5, 0.6) is 0 Å². The third kappa shape index (κ3) is 4.11. The summed E-state index contributed by atoms with van der Waals surface area (Å²) in [5, 5.41) is 16.6. The van der Waals surface area contributed by atoms with Crippen LogP contribution in [0.4, 0.5) is 0 Å². The summed E-state index contributed by atoms with van der Waals surface area (Å²) in [6.45, 7) is 3.12. The van der Waals surface area contributed by atoms with Gasteiger partial charge in [0.25, 0.3) is 5.91 Å². The Morgan fingerprint density at radius 3 is 2.92 bits per heavy atom. The van der Waals surface area contributed by atoms with E-state index >= 15 is 0 Å². The fourth-order valence-electron chi connectivity index (χ4n) is 2.97. The fraction of sp³-hybridized carbons (Fsp3) is 0.471. The summed E-state index contributed by atoms with van der Waals surface area (Å²) in [5.74, 6) is 0.364. The zero-order valence-corrected chi connectivity index (χ0v) is 13.6. The van der Waals surface area contributed by atoms with E-state index in [1.807, 2.05) is 24.3 Å². The van der Waals surface area contributed by atoms with Crippen molar-refractivity contribution in [1.29, 1.82) is 0 Å². The smallest absolute Gasteiger partial charge is 0.272 e. The topological polar surface area (TPSA) is 98.9 Å². The summed E-state index contributed by atoms with van der Waals surface area (Å²) in [6, 6.07) is 7.46. The van der Waals surface area contributed by atoms with Gasteiger partial charge < -0.3 is 16.0 Å². The molecular weight excluding hydrogens is 306 g/mol. The van der Waals surface area contributed by atoms with Crippen molar-refractivity contribution in [3.8, 4) is 0 Å². The lowest BCUT2D eigenvalue weighted by molar-refractivity contribution is -0.120. The molecule has 0 aliphatic carbocycles. The first-order chi connectivity index (χ1) is 11.7. The Morgan fingerprint density at radius 2 is 2.08 bits per heavy atom. The van der Waals surface area contributed by atoms with Crippen LogP contribution in [0.15, 0.2) is 24.3 Å². The van der Waals surface area contributed by atoms with Gasteiger partial charge in [0.05, 0.1) is 5.52 Å². The van der Waals surface area contributed by atoms with Crippen LogP contribution in [-0.4, -0.2) is 48.2 Å². The SMILES string of the molecule is O=C(CCNC(=O)c1n[nH]c2ccccc12)NCCC1CCNC1. The molecule has 7 nitrogen and oxygen atoms in total. The number of rotatable bonds is 7. The fourth-order valence-corrected chi connectivity index (χ4v) is 2.97. The number of benzene rings is 1. The number of hydrogen-bond acceptors (Lipinski definition) is 4. The Morgan fingerprint density at radius 1 is 1.21 bits per heavy atom. The van der Waals surface area contributed by atoms with E-state index in [0.29, 0.717) is 24.7 Å². The highest BCUT2D eigenvalue weighted by molar-refractivity contribution is 6.04. The minimum atomic E-state index is -0.266. The van der Waals surface area contributed by atoms with Crippen LogP contribution in [0.2, 0.25) is 0 Å². The predicted octanol–water partition coefficient (Wildman–Crippen LogP) is 0.799. The molecule has 1 unspecified atom stereocenters. The average molecular weight is 329 g/mol. The quantitative estimate of drug-likeness (QED) is 0.604. The molecule has 0 spiro atoms. The summed E-state index contributed by atoms with van der Waals surface area (Å²) in [6.07, 6.45) is 2.46. The van der Waals surface area contributed by atoms with E-state index in [-0.39, 0.29) is 18.2 Å². The Kier molecular flexibility index (Phi) is 5.43. The molecule has 1 aliphatic heterocycles. The highest BCUT2D eigenvalue weighted by Crippen LogP contribution is 2.14. The lowest BCUT2D eigenvalue weighted by atomic mass is 10.1. The minimum Gasteiger partial charge on any atom is -0.356 e. The molecule has 2 heterocycles. The molecule has 1 aromatic heterocycles. The molecule has 7 heteroatoms. The maximum atomic E-state index is 12.2. The zero-order valence-electron chi connectivity index (χ0n) is 13.6. The van der Waals surface area contributed by atoms with E-state index < -0.39 is 0 Å². The molecule has 2 aromatic rings. The molecule has 1 aromatic carbocycles. The predicted molar refractivity (Wildman–Crippen MR) is 91.6 cm³/mol. The van der Waals surface area contributed by atoms with Crippen molar-refractivity contribution in [2.24, 2.45) is 5.92 Å². The number of fused-ring (bicyclic) bond motifs is 1. The normalized spacial score (nSPS) is 17.1. The van der Waals surface area contributed by atoms with Crippen LogP contribution in [0.25, 0.3) is 10.9 Å². The highest BCUT2D eigenvalue weighted by Gasteiger charge is 2.15. The number of carbonyl (C=O) groups is 2. The van der Waals surface area contributed by atoms with Gasteiger partial charge in [0.15, 0.2) is 5.69 Å². The summed E-state index contributed by atoms with van der Waals surface area (Å²) >= 11 is 0. The monoisotopic (exact) mass is 329 g/mol. The van der Waals surface area contributed by atoms with Crippen molar-refractivity contribution in [3.05, 3.63) is 30.0 Å². The third-order valence-electron chi connectivity index (χ3n) is 4.36. The average Bonchev–Trinajstić information content (AvgIpc) is 3.24. The molecular formula is C17H23N5O2. The van der Waals surface area contributed by atoms with Crippen molar-refractivity contribution in [2.45, 2.75) is 19.3 Å². The number of aromatic amines is 1. The number of carbonyl (C=O) groups excluding carboxylic acids is 2. The van der Waals surface area contributed by atoms with E-state index in [2.05, 4.69) is 26.1 Å². The van der Waals surface area contributed by atoms with E-state index in [4.69, 9.17) is 0 Å². The van der Waals surface area contributed by atoms with Crippen molar-refractivity contribution >= 4 is 22.7 Å². The second kappa shape index (κ2) is 7.92. The van der Waals surface area contributed by atoms with Gasteiger partial charge in [-0.25, -0.2) is 0 Å². The van der Waals surface area contributed by atoms with Gasteiger partial charge in [-0.1, -0.05) is 18.2 Å². The first kappa shape index (κ1) is 16.4. The molecule has 1 saturated heterocycles. The van der Waals surface area contributed by atoms with Gasteiger partial charge in [-0.2, -0.15) is 5.10 Å². The van der Waals surface area contributed by atoms with Crippen LogP contribution >= 0.6 is 0 Å². The minimum absolute atomic E-state index is 0.0341. The number of H-pyrrole nitrogens is 1. The molecule has 0 bridgehead atoms. The Hall–Kier alpha value is -2.41. The second-order valence-corrected chi connectivity index (χ2v) is 6.12. The van der Waals surface area contributed by atoms with E-state index in [9.17, 15) is 9.59 Å². The summed E-state index contributed by atoms with van der Waals surface area (Å²) in [7, 11) is 0. The van der Waals surface area contributed by atoms with E-state index in [1.54, 1.807) is 0 Å². The van der Waals surface area contributed by atoms with Crippen LogP contribution in [0.1, 0.15) is 29.8 Å². The molecule has 1 atom stereocenters. The first-order valence-electron chi connectivity index (χ1n) is 8.43. The largest absolute Gasteiger partial charge is 0.356 e. The van der Waals surface area contributed by atoms with Crippen LogP contribution < -0.4 is 16.0 Å². The molecule has 2 amide bonds. The molecule has 0 radical (unpaired) electrons. The summed E-state index contributed by atoms with van der Waals surface area (Å²) in [4.78, 5) is 24.0. The van der Waals surface area contributed by atoms with Gasteiger partial charge in [-0.05, 0) is 37.9 Å². The lowest BCUT2D eigenvalue weighted by Crippen LogP contribution is -2.32. The first-order valence-corrected chi connectivity index (χ1v) is 8.43. The number of hydrogen-bond donors (Lipinski definition) is 4. The summed E-state index contributed by atoms with van der Waals surface area (Å²) < 4.78 is 0. The van der Waals surface area contributed by atoms with Crippen molar-refractivity contribution in [3.63, 3.8) is 0 Å². The zero-order chi connectivity index (χ0) is 16.8. The van der Waals surface area contributed by atoms with Crippen LogP contribution in [0, 0.1) is 5.92 Å². The molecule has 4 N–H and O–H groups in total. The van der Waals surface area contributed by atoms with Gasteiger partial charge >= 0.3 is 0 Å². The van der Waals surface area contributed by atoms with Crippen LogP contribution in [-0.2, 0) is 4.79 Å². The Labute approximate surface area is 140 Å². The standard InChI is InChI=1S/C17H23N5O2/c23-15(19-9-6-12-5-8-18-11-12)7-10-20-17(24)16-13-3-1-2-4-14(13)21-22-16/h1-4,12,18H,5-11H2,(H,19,23)(H,20,24)(H,21,22). The number of aromatic nitrogens is 2. The molecule has 1 aliphatic rings. The number of nitrogens with one attached hydrogen (secondary N) is 4. The van der Waals surface area contributed by atoms with E-state index in [0.717, 1.165) is 30.4 Å². The Balaban J connectivity index is 1.37. The highest BCUT2D eigenvalue weighted by atomic mass is 16.2. The number of nitrogens with zero attached hydrogens (tertiary/aromatic N) is 1. The van der Waals surface area contributed by atoms with Gasteiger partial charge in [-0.3, -0.25) is 14.7 Å². The molecule has 0 saturated carbocycles. The van der Waals surface area contributed by atoms with Crippen molar-refractivity contribution in [2.75, 3.05) is 26.2 Å². The lowest BCUT2D eigenvalue weighted by Gasteiger charge is -2.09. The maximum Gasteiger partial charge on any atom is 0.272 e. The van der Waals surface area contributed by atoms with Crippen LogP contribution in [0.3, 0.4) is 0 Å². The number of para-hydroxylation sites is 1. The van der Waals surface area contributed by atoms with E-state index in [1.165, 1.54) is 6.42 Å². The third-order valence-corrected chi connectivity index (χ3v) is 4.36. The summed E-state index contributed by atoms with van der Waals surface area (Å²) in [5.41, 5.74) is 1.18. The van der Waals surface area contributed by atoms with Crippen molar-refractivity contribution < 1.29 is 9.59 Å². The Bertz CT molecular complexity index is 706. The second-order valence-electron chi connectivity index (χ2n) is 6.12. The number of amides is 2.